The lowest BCUT2D eigenvalue weighted by molar-refractivity contribution is 0.0695. The number of ether oxygens (including phenoxy) is 1. The van der Waals surface area contributed by atoms with Crippen molar-refractivity contribution < 1.29 is 4.74 Å². The Labute approximate surface area is 124 Å². The number of methoxy groups -OCH3 is 1. The number of halogens is 1. The maximum absolute atomic E-state index is 6.03. The SMILES string of the molecule is COCC1CCCN(C(CN)c2ccccc2Br)C1. The highest BCUT2D eigenvalue weighted by molar-refractivity contribution is 9.10. The van der Waals surface area contributed by atoms with Gasteiger partial charge in [0.15, 0.2) is 0 Å². The minimum absolute atomic E-state index is 0.301. The zero-order valence-electron chi connectivity index (χ0n) is 11.5. The number of rotatable bonds is 5. The van der Waals surface area contributed by atoms with E-state index in [1.807, 2.05) is 6.07 Å². The lowest BCUT2D eigenvalue weighted by Gasteiger charge is -2.38. The van der Waals surface area contributed by atoms with Gasteiger partial charge >= 0.3 is 0 Å². The van der Waals surface area contributed by atoms with E-state index >= 15 is 0 Å². The van der Waals surface area contributed by atoms with Crippen molar-refractivity contribution in [1.29, 1.82) is 0 Å². The molecule has 1 fully saturated rings. The first-order valence-corrected chi connectivity index (χ1v) is 7.73. The van der Waals surface area contributed by atoms with Crippen LogP contribution in [0.1, 0.15) is 24.4 Å². The molecule has 1 aliphatic rings. The molecule has 19 heavy (non-hydrogen) atoms. The van der Waals surface area contributed by atoms with Crippen molar-refractivity contribution in [3.05, 3.63) is 34.3 Å². The standard InChI is InChI=1S/C15H23BrN2O/c1-19-11-12-5-4-8-18(10-12)15(9-17)13-6-2-3-7-14(13)16/h2-3,6-7,12,15H,4-5,8-11,17H2,1H3. The molecule has 2 atom stereocenters. The third-order valence-corrected chi connectivity index (χ3v) is 4.60. The van der Waals surface area contributed by atoms with E-state index in [2.05, 4.69) is 39.0 Å². The van der Waals surface area contributed by atoms with Crippen molar-refractivity contribution >= 4 is 15.9 Å². The van der Waals surface area contributed by atoms with Gasteiger partial charge in [-0.2, -0.15) is 0 Å². The average molecular weight is 327 g/mol. The van der Waals surface area contributed by atoms with Crippen LogP contribution < -0.4 is 5.73 Å². The lowest BCUT2D eigenvalue weighted by Crippen LogP contribution is -2.42. The monoisotopic (exact) mass is 326 g/mol. The molecule has 0 aromatic heterocycles. The van der Waals surface area contributed by atoms with Crippen LogP contribution in [-0.2, 0) is 4.74 Å². The molecule has 0 bridgehead atoms. The van der Waals surface area contributed by atoms with Crippen LogP contribution in [0.3, 0.4) is 0 Å². The lowest BCUT2D eigenvalue weighted by atomic mass is 9.95. The fourth-order valence-electron chi connectivity index (χ4n) is 2.97. The van der Waals surface area contributed by atoms with Crippen LogP contribution in [0, 0.1) is 5.92 Å². The molecule has 2 N–H and O–H groups in total. The van der Waals surface area contributed by atoms with Gasteiger partial charge in [0.1, 0.15) is 0 Å². The van der Waals surface area contributed by atoms with Gasteiger partial charge in [0.05, 0.1) is 6.61 Å². The molecule has 0 saturated carbocycles. The first-order chi connectivity index (χ1) is 9.26. The minimum Gasteiger partial charge on any atom is -0.384 e. The van der Waals surface area contributed by atoms with Crippen LogP contribution in [0.5, 0.6) is 0 Å². The molecule has 0 radical (unpaired) electrons. The predicted octanol–water partition coefficient (Wildman–Crippen LogP) is 2.81. The van der Waals surface area contributed by atoms with Gasteiger partial charge in [0.25, 0.3) is 0 Å². The molecule has 1 aromatic rings. The number of hydrogen-bond acceptors (Lipinski definition) is 3. The molecule has 0 spiro atoms. The smallest absolute Gasteiger partial charge is 0.0502 e. The maximum atomic E-state index is 6.03. The quantitative estimate of drug-likeness (QED) is 0.904. The molecule has 0 amide bonds. The van der Waals surface area contributed by atoms with Crippen molar-refractivity contribution in [3.8, 4) is 0 Å². The summed E-state index contributed by atoms with van der Waals surface area (Å²) >= 11 is 3.64. The summed E-state index contributed by atoms with van der Waals surface area (Å²) in [6.45, 7) is 3.71. The van der Waals surface area contributed by atoms with Crippen molar-refractivity contribution in [2.24, 2.45) is 11.7 Å². The summed E-state index contributed by atoms with van der Waals surface area (Å²) in [5, 5.41) is 0. The van der Waals surface area contributed by atoms with Crippen LogP contribution in [-0.4, -0.2) is 38.3 Å². The van der Waals surface area contributed by atoms with Crippen molar-refractivity contribution in [1.82, 2.24) is 4.90 Å². The normalized spacial score (nSPS) is 22.4. The number of hydrogen-bond donors (Lipinski definition) is 1. The van der Waals surface area contributed by atoms with Crippen molar-refractivity contribution in [2.45, 2.75) is 18.9 Å². The van der Waals surface area contributed by atoms with Crippen LogP contribution in [0.25, 0.3) is 0 Å². The van der Waals surface area contributed by atoms with E-state index in [4.69, 9.17) is 10.5 Å². The summed E-state index contributed by atoms with van der Waals surface area (Å²) in [5.74, 6) is 0.635. The predicted molar refractivity (Wildman–Crippen MR) is 82.1 cm³/mol. The topological polar surface area (TPSA) is 38.5 Å². The average Bonchev–Trinajstić information content (AvgIpc) is 2.43. The van der Waals surface area contributed by atoms with E-state index in [-0.39, 0.29) is 0 Å². The second kappa shape index (κ2) is 7.39. The first-order valence-electron chi connectivity index (χ1n) is 6.93. The van der Waals surface area contributed by atoms with Gasteiger partial charge in [0.2, 0.25) is 0 Å². The van der Waals surface area contributed by atoms with Gasteiger partial charge in [-0.1, -0.05) is 34.1 Å². The molecule has 0 aliphatic carbocycles. The molecule has 2 unspecified atom stereocenters. The Balaban J connectivity index is 2.11. The fraction of sp³-hybridized carbons (Fsp3) is 0.600. The maximum Gasteiger partial charge on any atom is 0.0502 e. The Morgan fingerprint density at radius 1 is 1.47 bits per heavy atom. The van der Waals surface area contributed by atoms with E-state index in [0.717, 1.165) is 24.2 Å². The first kappa shape index (κ1) is 15.0. The van der Waals surface area contributed by atoms with Crippen molar-refractivity contribution in [2.75, 3.05) is 33.4 Å². The molecule has 106 valence electrons. The van der Waals surface area contributed by atoms with Crippen molar-refractivity contribution in [3.63, 3.8) is 0 Å². The van der Waals surface area contributed by atoms with Crippen LogP contribution >= 0.6 is 15.9 Å². The van der Waals surface area contributed by atoms with Crippen LogP contribution in [0.4, 0.5) is 0 Å². The number of benzene rings is 1. The highest BCUT2D eigenvalue weighted by Gasteiger charge is 2.26. The van der Waals surface area contributed by atoms with E-state index in [0.29, 0.717) is 18.5 Å². The number of likely N-dealkylation sites (tertiary alicyclic amines) is 1. The molecule has 1 aliphatic heterocycles. The molecule has 2 rings (SSSR count). The third-order valence-electron chi connectivity index (χ3n) is 3.88. The zero-order valence-corrected chi connectivity index (χ0v) is 13.1. The Kier molecular flexibility index (Phi) is 5.82. The molecule has 3 nitrogen and oxygen atoms in total. The summed E-state index contributed by atoms with van der Waals surface area (Å²) in [6.07, 6.45) is 2.49. The highest BCUT2D eigenvalue weighted by atomic mass is 79.9. The van der Waals surface area contributed by atoms with Gasteiger partial charge in [-0.25, -0.2) is 0 Å². The molecule has 1 aromatic carbocycles. The molecule has 4 heteroatoms. The number of nitrogens with zero attached hydrogens (tertiary/aromatic N) is 1. The minimum atomic E-state index is 0.301. The number of nitrogens with two attached hydrogens (primary N) is 1. The Hall–Kier alpha value is -0.420. The summed E-state index contributed by atoms with van der Waals surface area (Å²) in [6, 6.07) is 8.69. The molecule has 1 saturated heterocycles. The molecular weight excluding hydrogens is 304 g/mol. The Bertz CT molecular complexity index is 397. The highest BCUT2D eigenvalue weighted by Crippen LogP contribution is 2.30. The Morgan fingerprint density at radius 2 is 2.26 bits per heavy atom. The van der Waals surface area contributed by atoms with Gasteiger partial charge < -0.3 is 10.5 Å². The Morgan fingerprint density at radius 3 is 2.95 bits per heavy atom. The zero-order chi connectivity index (χ0) is 13.7. The fourth-order valence-corrected chi connectivity index (χ4v) is 3.52. The van der Waals surface area contributed by atoms with Crippen LogP contribution in [0.15, 0.2) is 28.7 Å². The second-order valence-corrected chi connectivity index (χ2v) is 6.09. The number of piperidine rings is 1. The molecule has 1 heterocycles. The van der Waals surface area contributed by atoms with E-state index in [9.17, 15) is 0 Å². The van der Waals surface area contributed by atoms with E-state index < -0.39 is 0 Å². The summed E-state index contributed by atoms with van der Waals surface area (Å²) in [5.41, 5.74) is 7.32. The summed E-state index contributed by atoms with van der Waals surface area (Å²) in [7, 11) is 1.78. The largest absolute Gasteiger partial charge is 0.384 e. The summed E-state index contributed by atoms with van der Waals surface area (Å²) in [4.78, 5) is 2.51. The van der Waals surface area contributed by atoms with Crippen LogP contribution in [0.2, 0.25) is 0 Å². The second-order valence-electron chi connectivity index (χ2n) is 5.23. The van der Waals surface area contributed by atoms with E-state index in [1.54, 1.807) is 7.11 Å². The van der Waals surface area contributed by atoms with Gasteiger partial charge in [-0.15, -0.1) is 0 Å². The molecular formula is C15H23BrN2O. The van der Waals surface area contributed by atoms with Gasteiger partial charge in [-0.3, -0.25) is 4.90 Å². The third kappa shape index (κ3) is 3.78. The summed E-state index contributed by atoms with van der Waals surface area (Å²) < 4.78 is 6.46. The van der Waals surface area contributed by atoms with Gasteiger partial charge in [-0.05, 0) is 36.9 Å². The van der Waals surface area contributed by atoms with Gasteiger partial charge in [0, 0.05) is 30.7 Å². The van der Waals surface area contributed by atoms with E-state index in [1.165, 1.54) is 18.4 Å².